The Bertz CT molecular complexity index is 1440. The predicted molar refractivity (Wildman–Crippen MR) is 148 cm³/mol. The number of aliphatic hydroxyl groups is 2. The quantitative estimate of drug-likeness (QED) is 0.200. The summed E-state index contributed by atoms with van der Waals surface area (Å²) in [5.41, 5.74) is 0.153. The Hall–Kier alpha value is -4.01. The number of ether oxygens (including phenoxy) is 4. The van der Waals surface area contributed by atoms with Gasteiger partial charge in [0.05, 0.1) is 24.0 Å². The predicted octanol–water partition coefficient (Wildman–Crippen LogP) is -0.157. The van der Waals surface area contributed by atoms with Crippen LogP contribution in [0.4, 0.5) is 0 Å². The highest BCUT2D eigenvalue weighted by Crippen LogP contribution is 2.64. The normalized spacial score (nSPS) is 28.3. The van der Waals surface area contributed by atoms with Crippen molar-refractivity contribution in [2.75, 3.05) is 13.6 Å². The third-order valence-corrected chi connectivity index (χ3v) is 9.17. The van der Waals surface area contributed by atoms with E-state index >= 15 is 0 Å². The van der Waals surface area contributed by atoms with Crippen LogP contribution >= 0.6 is 0 Å². The second kappa shape index (κ2) is 11.5. The van der Waals surface area contributed by atoms with Crippen molar-refractivity contribution in [1.29, 1.82) is 0 Å². The third kappa shape index (κ3) is 5.00. The molecule has 44 heavy (non-hydrogen) atoms. The molecule has 4 aliphatic rings. The highest BCUT2D eigenvalue weighted by molar-refractivity contribution is 5.89. The number of hydrogen-bond acceptors (Lipinski definition) is 12. The minimum absolute atomic E-state index is 0.126. The van der Waals surface area contributed by atoms with Crippen LogP contribution in [0.25, 0.3) is 0 Å². The second-order valence-corrected chi connectivity index (χ2v) is 11.8. The summed E-state index contributed by atoms with van der Waals surface area (Å²) in [6.07, 6.45) is -2.05. The highest BCUT2D eigenvalue weighted by atomic mass is 16.6. The number of carboxylic acids is 1. The zero-order valence-electron chi connectivity index (χ0n) is 24.8. The molecule has 14 heteroatoms. The molecule has 14 nitrogen and oxygen atoms in total. The van der Waals surface area contributed by atoms with Gasteiger partial charge in [-0.05, 0) is 51.9 Å². The summed E-state index contributed by atoms with van der Waals surface area (Å²) >= 11 is 0. The van der Waals surface area contributed by atoms with Crippen LogP contribution in [-0.4, -0.2) is 99.6 Å². The largest absolute Gasteiger partial charge is 0.481 e. The number of aliphatic carboxylic acids is 1. The molecule has 0 radical (unpaired) electrons. The van der Waals surface area contributed by atoms with Gasteiger partial charge in [-0.2, -0.15) is 0 Å². The Kier molecular flexibility index (Phi) is 8.20. The van der Waals surface area contributed by atoms with Crippen molar-refractivity contribution < 1.29 is 58.2 Å². The fraction of sp³-hybridized carbons (Fsp3) is 0.567. The molecule has 1 saturated heterocycles. The lowest BCUT2D eigenvalue weighted by Crippen LogP contribution is -2.74. The number of rotatable bonds is 10. The first kappa shape index (κ1) is 31.4. The van der Waals surface area contributed by atoms with Crippen molar-refractivity contribution in [1.82, 2.24) is 10.2 Å². The molecule has 0 aromatic heterocycles. The standard InChI is InChI=1S/C30H36N2O12/c1-14(27(37)38)31-26(36)15(2)41-28(39)20(42-16(3)34)12-22(35)43-19-7-8-30(40)21-11-17-5-6-18(13-33)24-23(17)29(30,25(19)44-24)9-10-32(21)4/h5-7,14-15,20-21,25,33,40H,8-13H2,1-4H3,(H,31,36)(H,37,38)/t14-,15-,20-,21+,25-,29-,30+/m0/s1. The van der Waals surface area contributed by atoms with Gasteiger partial charge in [0.1, 0.15) is 17.6 Å². The molecular formula is C30H36N2O12. The number of carbonyl (C=O) groups is 5. The van der Waals surface area contributed by atoms with Crippen LogP contribution in [0, 0.1) is 0 Å². The fourth-order valence-corrected chi connectivity index (χ4v) is 7.03. The number of amides is 1. The van der Waals surface area contributed by atoms with E-state index in [-0.39, 0.29) is 24.8 Å². The lowest BCUT2D eigenvalue weighted by atomic mass is 9.50. The van der Waals surface area contributed by atoms with Crippen LogP contribution in [-0.2, 0) is 56.6 Å². The van der Waals surface area contributed by atoms with Gasteiger partial charge in [-0.1, -0.05) is 12.1 Å². The molecule has 1 spiro atoms. The van der Waals surface area contributed by atoms with Crippen LogP contribution in [0.1, 0.15) is 56.7 Å². The van der Waals surface area contributed by atoms with E-state index in [9.17, 15) is 34.2 Å². The van der Waals surface area contributed by atoms with E-state index in [1.165, 1.54) is 13.8 Å². The zero-order valence-corrected chi connectivity index (χ0v) is 24.8. The first-order chi connectivity index (χ1) is 20.7. The first-order valence-corrected chi connectivity index (χ1v) is 14.4. The monoisotopic (exact) mass is 616 g/mol. The third-order valence-electron chi connectivity index (χ3n) is 9.17. The molecule has 1 amide bonds. The van der Waals surface area contributed by atoms with E-state index in [2.05, 4.69) is 10.2 Å². The van der Waals surface area contributed by atoms with Gasteiger partial charge in [-0.25, -0.2) is 4.79 Å². The number of nitrogens with zero attached hydrogens (tertiary/aromatic N) is 1. The van der Waals surface area contributed by atoms with Crippen LogP contribution in [0.3, 0.4) is 0 Å². The molecule has 0 unspecified atom stereocenters. The molecule has 0 saturated carbocycles. The molecule has 2 heterocycles. The molecule has 2 aliphatic heterocycles. The van der Waals surface area contributed by atoms with Crippen molar-refractivity contribution in [2.45, 2.75) is 94.5 Å². The summed E-state index contributed by atoms with van der Waals surface area (Å²) in [6, 6.07) is 2.25. The molecule has 7 atom stereocenters. The van der Waals surface area contributed by atoms with Gasteiger partial charge in [-0.15, -0.1) is 0 Å². The number of esters is 3. The smallest absolute Gasteiger partial charge is 0.348 e. The fourth-order valence-electron chi connectivity index (χ4n) is 7.03. The Balaban J connectivity index is 1.36. The van der Waals surface area contributed by atoms with E-state index in [1.54, 1.807) is 12.1 Å². The molecule has 5 rings (SSSR count). The SMILES string of the molecule is CC(=O)O[C@@H](CC(=O)OC1=CC[C@@]2(O)[C@H]3Cc4ccc(CO)c5c4[C@@]2(CCN3C)[C@H]1O5)C(=O)O[C@@H](C)C(=O)N[C@@H](C)C(=O)O. The van der Waals surface area contributed by atoms with Gasteiger partial charge in [-0.3, -0.25) is 19.2 Å². The van der Waals surface area contributed by atoms with Crippen LogP contribution < -0.4 is 10.1 Å². The number of likely N-dealkylation sites (N-methyl/N-ethyl adjacent to an activating group) is 1. The van der Waals surface area contributed by atoms with Crippen LogP contribution in [0.15, 0.2) is 24.0 Å². The number of likely N-dealkylation sites (tertiary alicyclic amines) is 1. The lowest BCUT2D eigenvalue weighted by molar-refractivity contribution is -0.177. The summed E-state index contributed by atoms with van der Waals surface area (Å²) in [4.78, 5) is 63.2. The Labute approximate surface area is 252 Å². The molecule has 1 aromatic rings. The first-order valence-electron chi connectivity index (χ1n) is 14.4. The van der Waals surface area contributed by atoms with Gasteiger partial charge >= 0.3 is 23.9 Å². The highest BCUT2D eigenvalue weighted by Gasteiger charge is 2.71. The van der Waals surface area contributed by atoms with Gasteiger partial charge in [0, 0.05) is 30.5 Å². The van der Waals surface area contributed by atoms with Gasteiger partial charge in [0.15, 0.2) is 12.2 Å². The average molecular weight is 617 g/mol. The van der Waals surface area contributed by atoms with E-state index < -0.39 is 71.6 Å². The summed E-state index contributed by atoms with van der Waals surface area (Å²) < 4.78 is 22.2. The van der Waals surface area contributed by atoms with Crippen LogP contribution in [0.5, 0.6) is 5.75 Å². The summed E-state index contributed by atoms with van der Waals surface area (Å²) in [5, 5.41) is 33.5. The molecular weight excluding hydrogens is 580 g/mol. The lowest BCUT2D eigenvalue weighted by Gasteiger charge is -2.61. The molecule has 2 bridgehead atoms. The number of aliphatic hydroxyl groups excluding tert-OH is 1. The van der Waals surface area contributed by atoms with Crippen LogP contribution in [0.2, 0.25) is 0 Å². The number of carbonyl (C=O) groups excluding carboxylic acids is 4. The van der Waals surface area contributed by atoms with E-state index in [0.29, 0.717) is 30.7 Å². The molecule has 4 N–H and O–H groups in total. The van der Waals surface area contributed by atoms with E-state index in [1.807, 2.05) is 13.1 Å². The van der Waals surface area contributed by atoms with Gasteiger partial charge in [0.25, 0.3) is 5.91 Å². The summed E-state index contributed by atoms with van der Waals surface area (Å²) in [5.74, 6) is -4.67. The maximum Gasteiger partial charge on any atom is 0.348 e. The van der Waals surface area contributed by atoms with Crippen molar-refractivity contribution in [3.05, 3.63) is 40.7 Å². The molecule has 2 aliphatic carbocycles. The Morgan fingerprint density at radius 3 is 2.57 bits per heavy atom. The topological polar surface area (TPSA) is 198 Å². The minimum Gasteiger partial charge on any atom is -0.481 e. The second-order valence-electron chi connectivity index (χ2n) is 11.8. The average Bonchev–Trinajstić information content (AvgIpc) is 3.31. The van der Waals surface area contributed by atoms with E-state index in [0.717, 1.165) is 18.1 Å². The maximum absolute atomic E-state index is 13.2. The van der Waals surface area contributed by atoms with Gasteiger partial charge < -0.3 is 44.5 Å². The number of hydrogen-bond donors (Lipinski definition) is 4. The van der Waals surface area contributed by atoms with E-state index in [4.69, 9.17) is 24.1 Å². The van der Waals surface area contributed by atoms with Crippen molar-refractivity contribution in [3.8, 4) is 5.75 Å². The Morgan fingerprint density at radius 2 is 1.91 bits per heavy atom. The van der Waals surface area contributed by atoms with Crippen molar-refractivity contribution in [3.63, 3.8) is 0 Å². The summed E-state index contributed by atoms with van der Waals surface area (Å²) in [7, 11) is 1.96. The number of piperidine rings is 1. The number of carboxylic acid groups (broad SMARTS) is 1. The van der Waals surface area contributed by atoms with Crippen molar-refractivity contribution in [2.24, 2.45) is 0 Å². The van der Waals surface area contributed by atoms with Gasteiger partial charge in [0.2, 0.25) is 6.10 Å². The molecule has 1 fully saturated rings. The molecule has 1 aromatic carbocycles. The zero-order chi connectivity index (χ0) is 32.1. The minimum atomic E-state index is -1.76. The Morgan fingerprint density at radius 1 is 1.18 bits per heavy atom. The van der Waals surface area contributed by atoms with Crippen molar-refractivity contribution >= 4 is 29.8 Å². The molecule has 238 valence electrons. The number of benzene rings is 1. The maximum atomic E-state index is 13.2. The summed E-state index contributed by atoms with van der Waals surface area (Å²) in [6.45, 7) is 3.81. The number of nitrogens with one attached hydrogen (secondary N) is 1.